The Morgan fingerprint density at radius 3 is 2.72 bits per heavy atom. The second kappa shape index (κ2) is 6.76. The molecule has 0 radical (unpaired) electrons. The van der Waals surface area contributed by atoms with Gasteiger partial charge in [0, 0.05) is 24.1 Å². The molecule has 0 bridgehead atoms. The Labute approximate surface area is 149 Å². The molecule has 7 heteroatoms. The molecule has 3 rings (SSSR count). The number of nitrogens with zero attached hydrogens (tertiary/aromatic N) is 2. The average molecular weight is 356 g/mol. The summed E-state index contributed by atoms with van der Waals surface area (Å²) in [6.45, 7) is 6.34. The molecule has 1 aromatic carbocycles. The molecule has 0 aliphatic carbocycles. The van der Waals surface area contributed by atoms with Gasteiger partial charge in [-0.15, -0.1) is 11.3 Å². The number of carbonyl (C=O) groups excluding carboxylic acids is 1. The van der Waals surface area contributed by atoms with Crippen molar-refractivity contribution in [3.05, 3.63) is 57.2 Å². The highest BCUT2D eigenvalue weighted by molar-refractivity contribution is 7.18. The van der Waals surface area contributed by atoms with Crippen LogP contribution >= 0.6 is 11.3 Å². The predicted octanol–water partition coefficient (Wildman–Crippen LogP) is 2.65. The minimum Gasteiger partial charge on any atom is -0.350 e. The molecular weight excluding hydrogens is 336 g/mol. The van der Waals surface area contributed by atoms with Crippen molar-refractivity contribution in [1.82, 2.24) is 20.3 Å². The summed E-state index contributed by atoms with van der Waals surface area (Å²) in [5.41, 5.74) is 1.02. The van der Waals surface area contributed by atoms with Gasteiger partial charge in [-0.05, 0) is 18.2 Å². The Morgan fingerprint density at radius 2 is 2.00 bits per heavy atom. The number of amides is 1. The summed E-state index contributed by atoms with van der Waals surface area (Å²) in [4.78, 5) is 35.0. The van der Waals surface area contributed by atoms with Gasteiger partial charge in [-0.25, -0.2) is 9.78 Å². The van der Waals surface area contributed by atoms with E-state index in [1.807, 2.05) is 45.0 Å². The Bertz CT molecular complexity index is 936. The Morgan fingerprint density at radius 1 is 1.24 bits per heavy atom. The summed E-state index contributed by atoms with van der Waals surface area (Å²) in [6, 6.07) is 9.58. The minimum atomic E-state index is -0.510. The third-order valence-corrected chi connectivity index (χ3v) is 4.84. The lowest BCUT2D eigenvalue weighted by Crippen LogP contribution is -2.31. The van der Waals surface area contributed by atoms with Crippen LogP contribution in [0, 0.1) is 0 Å². The molecule has 0 atom stereocenters. The molecule has 0 saturated carbocycles. The Kier molecular flexibility index (Phi) is 4.67. The number of aromatic amines is 1. The van der Waals surface area contributed by atoms with Crippen LogP contribution in [0.15, 0.2) is 35.1 Å². The molecule has 0 aliphatic rings. The van der Waals surface area contributed by atoms with Crippen LogP contribution in [0.1, 0.15) is 42.0 Å². The average Bonchev–Trinajstić information content (AvgIpc) is 2.96. The molecule has 0 saturated heterocycles. The van der Waals surface area contributed by atoms with Gasteiger partial charge in [0.25, 0.3) is 5.91 Å². The summed E-state index contributed by atoms with van der Waals surface area (Å²) in [5.74, 6) is -0.349. The van der Waals surface area contributed by atoms with Crippen LogP contribution in [0.3, 0.4) is 0 Å². The molecular formula is C18H20N4O2S. The van der Waals surface area contributed by atoms with Crippen molar-refractivity contribution < 1.29 is 4.79 Å². The lowest BCUT2D eigenvalue weighted by Gasteiger charge is -2.18. The summed E-state index contributed by atoms with van der Waals surface area (Å²) in [5, 5.41) is 3.78. The van der Waals surface area contributed by atoms with Crippen molar-refractivity contribution in [2.24, 2.45) is 0 Å². The zero-order valence-electron chi connectivity index (χ0n) is 14.4. The molecule has 0 aliphatic heterocycles. The van der Waals surface area contributed by atoms with Crippen LogP contribution in [0.25, 0.3) is 10.2 Å². The summed E-state index contributed by atoms with van der Waals surface area (Å²) >= 11 is 1.62. The Hall–Kier alpha value is -2.54. The van der Waals surface area contributed by atoms with Gasteiger partial charge in [0.2, 0.25) is 0 Å². The second-order valence-corrected chi connectivity index (χ2v) is 7.93. The lowest BCUT2D eigenvalue weighted by molar-refractivity contribution is 0.0948. The van der Waals surface area contributed by atoms with Crippen LogP contribution in [-0.4, -0.2) is 27.4 Å². The maximum Gasteiger partial charge on any atom is 0.345 e. The first-order chi connectivity index (χ1) is 11.8. The molecule has 25 heavy (non-hydrogen) atoms. The number of benzene rings is 1. The third kappa shape index (κ3) is 4.11. The summed E-state index contributed by atoms with van der Waals surface area (Å²) in [7, 11) is 0. The number of rotatable bonds is 4. The van der Waals surface area contributed by atoms with E-state index in [-0.39, 0.29) is 17.0 Å². The predicted molar refractivity (Wildman–Crippen MR) is 99.2 cm³/mol. The number of H-pyrrole nitrogens is 1. The standard InChI is InChI=1S/C18H20N4O2S/c1-18(2,3)14-10-12(21-17(24)22-14)16(23)19-9-8-15-20-11-6-4-5-7-13(11)25-15/h4-7,10H,8-9H2,1-3H3,(H,19,23)(H,21,22,24). The number of fused-ring (bicyclic) bond motifs is 1. The highest BCUT2D eigenvalue weighted by atomic mass is 32.1. The molecule has 3 aromatic rings. The van der Waals surface area contributed by atoms with Crippen molar-refractivity contribution in [3.63, 3.8) is 0 Å². The highest BCUT2D eigenvalue weighted by Crippen LogP contribution is 2.21. The fraction of sp³-hybridized carbons (Fsp3) is 0.333. The number of hydrogen-bond acceptors (Lipinski definition) is 5. The number of thiazole rings is 1. The maximum absolute atomic E-state index is 12.3. The number of carbonyl (C=O) groups is 1. The fourth-order valence-electron chi connectivity index (χ4n) is 2.38. The molecule has 6 nitrogen and oxygen atoms in total. The summed E-state index contributed by atoms with van der Waals surface area (Å²) < 4.78 is 1.13. The van der Waals surface area contributed by atoms with Crippen molar-refractivity contribution in [3.8, 4) is 0 Å². The molecule has 1 amide bonds. The van der Waals surface area contributed by atoms with Gasteiger partial charge >= 0.3 is 5.69 Å². The number of hydrogen-bond donors (Lipinski definition) is 2. The molecule has 0 spiro atoms. The van der Waals surface area contributed by atoms with E-state index in [1.54, 1.807) is 17.4 Å². The van der Waals surface area contributed by atoms with Crippen molar-refractivity contribution >= 4 is 27.5 Å². The molecule has 130 valence electrons. The molecule has 2 N–H and O–H groups in total. The molecule has 0 fully saturated rings. The number of para-hydroxylation sites is 1. The van der Waals surface area contributed by atoms with Crippen molar-refractivity contribution in [2.75, 3.05) is 6.54 Å². The minimum absolute atomic E-state index is 0.137. The normalized spacial score (nSPS) is 11.6. The monoisotopic (exact) mass is 356 g/mol. The quantitative estimate of drug-likeness (QED) is 0.752. The largest absolute Gasteiger partial charge is 0.350 e. The first-order valence-electron chi connectivity index (χ1n) is 8.07. The smallest absolute Gasteiger partial charge is 0.345 e. The van der Waals surface area contributed by atoms with Crippen LogP contribution in [-0.2, 0) is 11.8 Å². The van der Waals surface area contributed by atoms with E-state index < -0.39 is 5.69 Å². The van der Waals surface area contributed by atoms with Gasteiger partial charge in [-0.3, -0.25) is 4.79 Å². The van der Waals surface area contributed by atoms with Gasteiger partial charge < -0.3 is 10.3 Å². The van der Waals surface area contributed by atoms with Gasteiger partial charge in [0.15, 0.2) is 0 Å². The van der Waals surface area contributed by atoms with E-state index in [0.717, 1.165) is 15.2 Å². The van der Waals surface area contributed by atoms with E-state index in [4.69, 9.17) is 0 Å². The summed E-state index contributed by atoms with van der Waals surface area (Å²) in [6.07, 6.45) is 0.639. The first-order valence-corrected chi connectivity index (χ1v) is 8.89. The SMILES string of the molecule is CC(C)(C)c1cc(C(=O)NCCc2nc3ccccc3s2)nc(=O)[nH]1. The highest BCUT2D eigenvalue weighted by Gasteiger charge is 2.18. The van der Waals surface area contributed by atoms with Crippen molar-refractivity contribution in [1.29, 1.82) is 0 Å². The van der Waals surface area contributed by atoms with E-state index in [0.29, 0.717) is 18.7 Å². The van der Waals surface area contributed by atoms with Crippen LogP contribution in [0.5, 0.6) is 0 Å². The van der Waals surface area contributed by atoms with Crippen LogP contribution in [0.4, 0.5) is 0 Å². The van der Waals surface area contributed by atoms with Crippen LogP contribution < -0.4 is 11.0 Å². The van der Waals surface area contributed by atoms with E-state index >= 15 is 0 Å². The first kappa shape index (κ1) is 17.3. The van der Waals surface area contributed by atoms with Crippen molar-refractivity contribution in [2.45, 2.75) is 32.6 Å². The lowest BCUT2D eigenvalue weighted by atomic mass is 9.91. The number of nitrogens with one attached hydrogen (secondary N) is 2. The fourth-order valence-corrected chi connectivity index (χ4v) is 3.35. The third-order valence-electron chi connectivity index (χ3n) is 3.75. The van der Waals surface area contributed by atoms with Gasteiger partial charge in [-0.2, -0.15) is 4.98 Å². The second-order valence-electron chi connectivity index (χ2n) is 6.82. The van der Waals surface area contributed by atoms with Gasteiger partial charge in [0.05, 0.1) is 15.2 Å². The number of aromatic nitrogens is 3. The molecule has 2 heterocycles. The maximum atomic E-state index is 12.3. The zero-order chi connectivity index (χ0) is 18.0. The topological polar surface area (TPSA) is 87.7 Å². The molecule has 2 aromatic heterocycles. The van der Waals surface area contributed by atoms with E-state index in [9.17, 15) is 9.59 Å². The Balaban J connectivity index is 1.66. The van der Waals surface area contributed by atoms with E-state index in [1.165, 1.54) is 0 Å². The zero-order valence-corrected chi connectivity index (χ0v) is 15.2. The van der Waals surface area contributed by atoms with Gasteiger partial charge in [0.1, 0.15) is 5.69 Å². The van der Waals surface area contributed by atoms with E-state index in [2.05, 4.69) is 20.3 Å². The molecule has 0 unspecified atom stereocenters. The van der Waals surface area contributed by atoms with Gasteiger partial charge in [-0.1, -0.05) is 32.9 Å². The van der Waals surface area contributed by atoms with Crippen LogP contribution in [0.2, 0.25) is 0 Å².